The fourth-order valence-corrected chi connectivity index (χ4v) is 0.996. The summed E-state index contributed by atoms with van der Waals surface area (Å²) in [4.78, 5) is 0. The van der Waals surface area contributed by atoms with Crippen molar-refractivity contribution in [3.05, 3.63) is 35.1 Å². The molecule has 2 heteroatoms. The summed E-state index contributed by atoms with van der Waals surface area (Å²) < 4.78 is 12.7. The summed E-state index contributed by atoms with van der Waals surface area (Å²) in [7, 11) is 0. The molecule has 0 aromatic heterocycles. The SMILES string of the molecule is C#CC(O)c1cc(F)ccc1C. The van der Waals surface area contributed by atoms with Crippen molar-refractivity contribution in [2.75, 3.05) is 0 Å². The van der Waals surface area contributed by atoms with E-state index in [2.05, 4.69) is 5.92 Å². The predicted octanol–water partition coefficient (Wildman–Crippen LogP) is 1.80. The molecular formula is C10H9FO. The molecule has 1 atom stereocenters. The highest BCUT2D eigenvalue weighted by Gasteiger charge is 2.07. The first-order valence-corrected chi connectivity index (χ1v) is 3.55. The normalized spacial score (nSPS) is 12.2. The van der Waals surface area contributed by atoms with Crippen LogP contribution in [0.5, 0.6) is 0 Å². The number of rotatable bonds is 1. The van der Waals surface area contributed by atoms with Gasteiger partial charge in [-0.25, -0.2) is 4.39 Å². The topological polar surface area (TPSA) is 20.2 Å². The van der Waals surface area contributed by atoms with Gasteiger partial charge in [-0.3, -0.25) is 0 Å². The van der Waals surface area contributed by atoms with E-state index in [1.54, 1.807) is 13.0 Å². The van der Waals surface area contributed by atoms with Crippen molar-refractivity contribution in [3.8, 4) is 12.3 Å². The van der Waals surface area contributed by atoms with Crippen molar-refractivity contribution in [3.63, 3.8) is 0 Å². The highest BCUT2D eigenvalue weighted by Crippen LogP contribution is 2.17. The summed E-state index contributed by atoms with van der Waals surface area (Å²) in [5, 5.41) is 9.23. The Morgan fingerprint density at radius 3 is 2.83 bits per heavy atom. The number of hydrogen-bond acceptors (Lipinski definition) is 1. The molecule has 1 rings (SSSR count). The van der Waals surface area contributed by atoms with Gasteiger partial charge in [-0.05, 0) is 30.2 Å². The molecule has 0 saturated heterocycles. The molecule has 1 unspecified atom stereocenters. The fourth-order valence-electron chi connectivity index (χ4n) is 0.996. The minimum Gasteiger partial charge on any atom is -0.376 e. The number of aliphatic hydroxyl groups is 1. The lowest BCUT2D eigenvalue weighted by Gasteiger charge is -2.06. The van der Waals surface area contributed by atoms with Crippen LogP contribution in [0.1, 0.15) is 17.2 Å². The number of benzene rings is 1. The molecule has 1 aromatic carbocycles. The van der Waals surface area contributed by atoms with Crippen LogP contribution in [-0.2, 0) is 0 Å². The van der Waals surface area contributed by atoms with E-state index in [0.29, 0.717) is 5.56 Å². The van der Waals surface area contributed by atoms with Gasteiger partial charge < -0.3 is 5.11 Å². The number of terminal acetylenes is 1. The summed E-state index contributed by atoms with van der Waals surface area (Å²) >= 11 is 0. The molecule has 0 fully saturated rings. The van der Waals surface area contributed by atoms with Gasteiger partial charge >= 0.3 is 0 Å². The molecule has 62 valence electrons. The molecule has 0 bridgehead atoms. The lowest BCUT2D eigenvalue weighted by molar-refractivity contribution is 0.237. The summed E-state index contributed by atoms with van der Waals surface area (Å²) in [5.41, 5.74) is 1.25. The lowest BCUT2D eigenvalue weighted by Crippen LogP contribution is -1.97. The van der Waals surface area contributed by atoms with Crippen molar-refractivity contribution in [2.24, 2.45) is 0 Å². The van der Waals surface area contributed by atoms with E-state index >= 15 is 0 Å². The minimum absolute atomic E-state index is 0.384. The first-order chi connectivity index (χ1) is 5.65. The first kappa shape index (κ1) is 8.76. The van der Waals surface area contributed by atoms with Gasteiger partial charge in [0.05, 0.1) is 0 Å². The van der Waals surface area contributed by atoms with Gasteiger partial charge in [0.1, 0.15) is 11.9 Å². The molecule has 12 heavy (non-hydrogen) atoms. The Morgan fingerprint density at radius 2 is 2.25 bits per heavy atom. The molecule has 0 heterocycles. The van der Waals surface area contributed by atoms with Crippen LogP contribution in [0.4, 0.5) is 4.39 Å². The molecular weight excluding hydrogens is 155 g/mol. The summed E-state index contributed by atoms with van der Waals surface area (Å²) in [6, 6.07) is 4.17. The zero-order valence-electron chi connectivity index (χ0n) is 6.71. The van der Waals surface area contributed by atoms with E-state index in [-0.39, 0.29) is 5.82 Å². The average Bonchev–Trinajstić information content (AvgIpc) is 2.08. The van der Waals surface area contributed by atoms with E-state index in [0.717, 1.165) is 5.56 Å². The van der Waals surface area contributed by atoms with Crippen LogP contribution < -0.4 is 0 Å². The van der Waals surface area contributed by atoms with E-state index in [4.69, 9.17) is 6.42 Å². The number of halogens is 1. The van der Waals surface area contributed by atoms with Crippen LogP contribution in [0.3, 0.4) is 0 Å². The van der Waals surface area contributed by atoms with E-state index in [1.165, 1.54) is 12.1 Å². The summed E-state index contributed by atoms with van der Waals surface area (Å²) in [6.45, 7) is 1.77. The third-order valence-electron chi connectivity index (χ3n) is 1.69. The Labute approximate surface area is 70.9 Å². The minimum atomic E-state index is -1.01. The Morgan fingerprint density at radius 1 is 1.58 bits per heavy atom. The molecule has 1 aromatic rings. The van der Waals surface area contributed by atoms with Crippen LogP contribution >= 0.6 is 0 Å². The number of aliphatic hydroxyl groups excluding tert-OH is 1. The standard InChI is InChI=1S/C10H9FO/c1-3-10(12)9-6-8(11)5-4-7(9)2/h1,4-6,10,12H,2H3. The number of aryl methyl sites for hydroxylation is 1. The van der Waals surface area contributed by atoms with E-state index < -0.39 is 6.10 Å². The average molecular weight is 164 g/mol. The lowest BCUT2D eigenvalue weighted by atomic mass is 10.0. The van der Waals surface area contributed by atoms with Crippen LogP contribution in [0.25, 0.3) is 0 Å². The molecule has 0 aliphatic rings. The molecule has 0 saturated carbocycles. The third kappa shape index (κ3) is 1.63. The number of hydrogen-bond donors (Lipinski definition) is 1. The van der Waals surface area contributed by atoms with Crippen molar-refractivity contribution in [2.45, 2.75) is 13.0 Å². The fraction of sp³-hybridized carbons (Fsp3) is 0.200. The molecule has 0 aliphatic carbocycles. The quantitative estimate of drug-likeness (QED) is 0.627. The molecule has 0 spiro atoms. The molecule has 0 aliphatic heterocycles. The summed E-state index contributed by atoms with van der Waals surface area (Å²) in [5.74, 6) is 1.75. The van der Waals surface area contributed by atoms with Gasteiger partial charge in [-0.2, -0.15) is 0 Å². The van der Waals surface area contributed by atoms with Crippen LogP contribution in [0.2, 0.25) is 0 Å². The molecule has 0 amide bonds. The van der Waals surface area contributed by atoms with Crippen molar-refractivity contribution in [1.82, 2.24) is 0 Å². The van der Waals surface area contributed by atoms with Crippen LogP contribution in [0, 0.1) is 25.1 Å². The maximum absolute atomic E-state index is 12.7. The largest absolute Gasteiger partial charge is 0.376 e. The van der Waals surface area contributed by atoms with Crippen LogP contribution in [-0.4, -0.2) is 5.11 Å². The van der Waals surface area contributed by atoms with Crippen molar-refractivity contribution in [1.29, 1.82) is 0 Å². The monoisotopic (exact) mass is 164 g/mol. The Bertz CT molecular complexity index is 325. The molecule has 0 radical (unpaired) electrons. The smallest absolute Gasteiger partial charge is 0.140 e. The highest BCUT2D eigenvalue weighted by atomic mass is 19.1. The Hall–Kier alpha value is -1.33. The second-order valence-electron chi connectivity index (χ2n) is 2.57. The van der Waals surface area contributed by atoms with Gasteiger partial charge in [0.25, 0.3) is 0 Å². The third-order valence-corrected chi connectivity index (χ3v) is 1.69. The maximum atomic E-state index is 12.7. The molecule has 1 N–H and O–H groups in total. The highest BCUT2D eigenvalue weighted by molar-refractivity contribution is 5.32. The molecule has 1 nitrogen and oxygen atoms in total. The Kier molecular flexibility index (Phi) is 2.47. The maximum Gasteiger partial charge on any atom is 0.140 e. The van der Waals surface area contributed by atoms with Gasteiger partial charge in [0, 0.05) is 0 Å². The van der Waals surface area contributed by atoms with Gasteiger partial charge in [-0.1, -0.05) is 12.0 Å². The Balaban J connectivity index is 3.15. The van der Waals surface area contributed by atoms with Crippen molar-refractivity contribution >= 4 is 0 Å². The zero-order valence-corrected chi connectivity index (χ0v) is 6.71. The first-order valence-electron chi connectivity index (χ1n) is 3.55. The van der Waals surface area contributed by atoms with Crippen LogP contribution in [0.15, 0.2) is 18.2 Å². The van der Waals surface area contributed by atoms with Gasteiger partial charge in [0.15, 0.2) is 0 Å². The summed E-state index contributed by atoms with van der Waals surface area (Å²) in [6.07, 6.45) is 3.99. The van der Waals surface area contributed by atoms with E-state index in [9.17, 15) is 9.50 Å². The van der Waals surface area contributed by atoms with Gasteiger partial charge in [0.2, 0.25) is 0 Å². The second kappa shape index (κ2) is 3.38. The van der Waals surface area contributed by atoms with Gasteiger partial charge in [-0.15, -0.1) is 6.42 Å². The van der Waals surface area contributed by atoms with E-state index in [1.807, 2.05) is 0 Å². The predicted molar refractivity (Wildman–Crippen MR) is 44.9 cm³/mol. The zero-order chi connectivity index (χ0) is 9.14. The van der Waals surface area contributed by atoms with Crippen molar-refractivity contribution < 1.29 is 9.50 Å². The second-order valence-corrected chi connectivity index (χ2v) is 2.57.